The lowest BCUT2D eigenvalue weighted by atomic mass is 9.64. The number of fused-ring (bicyclic) bond motifs is 12. The molecule has 0 amide bonds. The molecule has 70 heavy (non-hydrogen) atoms. The summed E-state index contributed by atoms with van der Waals surface area (Å²) in [6.07, 6.45) is 3.63. The van der Waals surface area contributed by atoms with E-state index >= 15 is 0 Å². The van der Waals surface area contributed by atoms with Crippen LogP contribution >= 0.6 is 0 Å². The van der Waals surface area contributed by atoms with E-state index in [4.69, 9.17) is 9.97 Å². The smallest absolute Gasteiger partial charge is 0.0900 e. The van der Waals surface area contributed by atoms with Gasteiger partial charge in [-0.2, -0.15) is 0 Å². The molecule has 0 saturated heterocycles. The van der Waals surface area contributed by atoms with E-state index in [1.54, 1.807) is 0 Å². The van der Waals surface area contributed by atoms with Crippen LogP contribution in [0.2, 0.25) is 0 Å². The van der Waals surface area contributed by atoms with Crippen LogP contribution in [-0.4, -0.2) is 19.9 Å². The van der Waals surface area contributed by atoms with Crippen LogP contribution in [0.15, 0.2) is 249 Å². The average Bonchev–Trinajstić information content (AvgIpc) is 3.73. The van der Waals surface area contributed by atoms with Crippen molar-refractivity contribution in [3.05, 3.63) is 271 Å². The molecular weight excluding hydrogens is 851 g/mol. The lowest BCUT2D eigenvalue weighted by Crippen LogP contribution is -2.36. The molecule has 0 atom stereocenters. The molecule has 12 aromatic rings. The number of rotatable bonds is 6. The van der Waals surface area contributed by atoms with E-state index in [9.17, 15) is 0 Å². The Hall–Kier alpha value is -9.32. The van der Waals surface area contributed by atoms with Crippen LogP contribution in [0.25, 0.3) is 89.1 Å². The van der Waals surface area contributed by atoms with Crippen molar-refractivity contribution in [3.63, 3.8) is 0 Å². The van der Waals surface area contributed by atoms with Crippen molar-refractivity contribution in [2.75, 3.05) is 4.90 Å². The molecule has 0 saturated carbocycles. The molecule has 0 N–H and O–H groups in total. The highest BCUT2D eigenvalue weighted by Crippen LogP contribution is 2.65. The lowest BCUT2D eigenvalue weighted by Gasteiger charge is -2.45. The minimum Gasteiger partial charge on any atom is -0.310 e. The molecule has 5 nitrogen and oxygen atoms in total. The van der Waals surface area contributed by atoms with Crippen molar-refractivity contribution in [2.24, 2.45) is 0 Å². The van der Waals surface area contributed by atoms with Crippen LogP contribution < -0.4 is 4.90 Å². The summed E-state index contributed by atoms with van der Waals surface area (Å²) >= 11 is 0. The van der Waals surface area contributed by atoms with Gasteiger partial charge in [-0.05, 0) is 140 Å². The zero-order chi connectivity index (χ0) is 46.2. The Morgan fingerprint density at radius 2 is 0.914 bits per heavy atom. The fraction of sp³-hybridized carbons (Fsp3) is 0.0154. The van der Waals surface area contributed by atoms with Gasteiger partial charge < -0.3 is 4.90 Å². The first kappa shape index (κ1) is 39.8. The normalized spacial score (nSPS) is 12.9. The first-order valence-electron chi connectivity index (χ1n) is 23.8. The second-order valence-corrected chi connectivity index (χ2v) is 18.1. The first-order valence-corrected chi connectivity index (χ1v) is 23.8. The van der Waals surface area contributed by atoms with Crippen molar-refractivity contribution in [1.29, 1.82) is 0 Å². The van der Waals surface area contributed by atoms with Gasteiger partial charge in [-0.1, -0.05) is 158 Å². The van der Waals surface area contributed by atoms with Gasteiger partial charge in [0.1, 0.15) is 0 Å². The molecule has 4 aromatic heterocycles. The van der Waals surface area contributed by atoms with Crippen LogP contribution in [0.4, 0.5) is 17.1 Å². The lowest BCUT2D eigenvalue weighted by molar-refractivity contribution is 0.754. The summed E-state index contributed by atoms with van der Waals surface area (Å²) in [5, 5.41) is 3.46. The fourth-order valence-electron chi connectivity index (χ4n) is 11.4. The molecule has 0 fully saturated rings. The Bertz CT molecular complexity index is 3880. The summed E-state index contributed by atoms with van der Waals surface area (Å²) in [5.41, 5.74) is 21.0. The van der Waals surface area contributed by atoms with Gasteiger partial charge >= 0.3 is 0 Å². The van der Waals surface area contributed by atoms with Crippen molar-refractivity contribution >= 4 is 38.7 Å². The van der Waals surface area contributed by atoms with Gasteiger partial charge in [-0.25, -0.2) is 9.97 Å². The van der Waals surface area contributed by atoms with Crippen LogP contribution in [-0.2, 0) is 5.41 Å². The third kappa shape index (κ3) is 6.05. The number of benzene rings is 8. The third-order valence-electron chi connectivity index (χ3n) is 14.3. The third-order valence-corrected chi connectivity index (χ3v) is 14.3. The Balaban J connectivity index is 1.04. The van der Waals surface area contributed by atoms with E-state index in [1.807, 2.05) is 48.8 Å². The average molecular weight is 892 g/mol. The van der Waals surface area contributed by atoms with Crippen LogP contribution in [0.5, 0.6) is 0 Å². The maximum Gasteiger partial charge on any atom is 0.0900 e. The summed E-state index contributed by atoms with van der Waals surface area (Å²) < 4.78 is 0. The molecule has 2 aliphatic rings. The fourth-order valence-corrected chi connectivity index (χ4v) is 11.4. The van der Waals surface area contributed by atoms with Crippen molar-refractivity contribution in [3.8, 4) is 67.4 Å². The van der Waals surface area contributed by atoms with Crippen LogP contribution in [0.1, 0.15) is 22.3 Å². The second kappa shape index (κ2) is 15.9. The second-order valence-electron chi connectivity index (χ2n) is 18.1. The van der Waals surface area contributed by atoms with Crippen LogP contribution in [0.3, 0.4) is 0 Å². The number of anilines is 3. The van der Waals surface area contributed by atoms with Gasteiger partial charge in [0.25, 0.3) is 0 Å². The number of aromatic nitrogens is 4. The Kier molecular flexibility index (Phi) is 9.04. The van der Waals surface area contributed by atoms with E-state index in [0.29, 0.717) is 0 Å². The minimum absolute atomic E-state index is 0.661. The molecule has 5 heteroatoms. The van der Waals surface area contributed by atoms with Gasteiger partial charge in [0.15, 0.2) is 0 Å². The van der Waals surface area contributed by atoms with E-state index in [2.05, 4.69) is 215 Å². The van der Waals surface area contributed by atoms with Gasteiger partial charge in [-0.3, -0.25) is 9.97 Å². The monoisotopic (exact) mass is 891 g/mol. The molecule has 0 unspecified atom stereocenters. The van der Waals surface area contributed by atoms with Crippen molar-refractivity contribution in [2.45, 2.75) is 5.41 Å². The molecule has 326 valence electrons. The van der Waals surface area contributed by atoms with Gasteiger partial charge in [0, 0.05) is 34.4 Å². The number of para-hydroxylation sites is 4. The Morgan fingerprint density at radius 3 is 1.59 bits per heavy atom. The molecule has 14 rings (SSSR count). The Morgan fingerprint density at radius 1 is 0.329 bits per heavy atom. The minimum atomic E-state index is -0.661. The number of nitrogens with zero attached hydrogens (tertiary/aromatic N) is 5. The first-order chi connectivity index (χ1) is 34.7. The highest BCUT2D eigenvalue weighted by molar-refractivity contribution is 6.14. The summed E-state index contributed by atoms with van der Waals surface area (Å²) in [5.74, 6) is 0. The maximum absolute atomic E-state index is 5.43. The molecule has 5 heterocycles. The van der Waals surface area contributed by atoms with Crippen molar-refractivity contribution in [1.82, 2.24) is 19.9 Å². The van der Waals surface area contributed by atoms with Gasteiger partial charge in [-0.15, -0.1) is 0 Å². The molecular formula is C65H41N5. The molecule has 8 aromatic carbocycles. The Labute approximate surface area is 405 Å². The quantitative estimate of drug-likeness (QED) is 0.156. The van der Waals surface area contributed by atoms with E-state index in [-0.39, 0.29) is 0 Å². The van der Waals surface area contributed by atoms with Gasteiger partial charge in [0.05, 0.1) is 50.8 Å². The molecule has 0 radical (unpaired) electrons. The zero-order valence-corrected chi connectivity index (χ0v) is 37.9. The van der Waals surface area contributed by atoms with E-state index in [0.717, 1.165) is 84.1 Å². The van der Waals surface area contributed by atoms with E-state index in [1.165, 1.54) is 44.3 Å². The molecule has 1 spiro atoms. The topological polar surface area (TPSA) is 54.8 Å². The molecule has 1 aliphatic heterocycles. The highest BCUT2D eigenvalue weighted by atomic mass is 15.2. The van der Waals surface area contributed by atoms with Crippen LogP contribution in [0, 0.1) is 0 Å². The largest absolute Gasteiger partial charge is 0.310 e. The van der Waals surface area contributed by atoms with Gasteiger partial charge in [0.2, 0.25) is 0 Å². The predicted octanol–water partition coefficient (Wildman–Crippen LogP) is 16.1. The predicted molar refractivity (Wildman–Crippen MR) is 285 cm³/mol. The van der Waals surface area contributed by atoms with E-state index < -0.39 is 5.41 Å². The molecule has 1 aliphatic carbocycles. The maximum atomic E-state index is 5.43. The standard InChI is InChI=1S/C65H41N5/c1-3-18-44(19-4-1)64-50-40-51-55(41-49(50)48-22-7-10-27-56(48)69-64)65(52-24-8-11-30-61(52)70(46-20-5-2-6-21-46)62-31-12-9-25-53(62)65)54-26-17-23-47(63(51)54)43-34-32-42(33-35-43)45-38-59(57-28-13-15-36-66-57)68-60(39-45)58-29-14-16-37-67-58/h1-41H. The number of pyridine rings is 4. The summed E-state index contributed by atoms with van der Waals surface area (Å²) in [6.45, 7) is 0. The zero-order valence-electron chi connectivity index (χ0n) is 37.9. The number of hydrogen-bond donors (Lipinski definition) is 0. The summed E-state index contributed by atoms with van der Waals surface area (Å²) in [6, 6.07) is 85.2. The highest BCUT2D eigenvalue weighted by Gasteiger charge is 2.52. The summed E-state index contributed by atoms with van der Waals surface area (Å²) in [7, 11) is 0. The van der Waals surface area contributed by atoms with Crippen molar-refractivity contribution < 1.29 is 0 Å². The molecule has 0 bridgehead atoms. The number of hydrogen-bond acceptors (Lipinski definition) is 5. The summed E-state index contributed by atoms with van der Waals surface area (Å²) in [4.78, 5) is 22.3. The SMILES string of the molecule is c1ccc(-c2nc3ccccc3c3cc4c(cc23)-c2c(-c3ccc(-c5cc(-c6ccccn6)nc(-c6ccccn6)c5)cc3)cccc2C42c3ccccc3N(c3ccccc3)c3ccccc32)cc1.